The van der Waals surface area contributed by atoms with Gasteiger partial charge in [0.25, 0.3) is 0 Å². The third kappa shape index (κ3) is 6.67. The average molecular weight is 431 g/mol. The van der Waals surface area contributed by atoms with Gasteiger partial charge in [-0.2, -0.15) is 0 Å². The fraction of sp³-hybridized carbons (Fsp3) is 0.611. The van der Waals surface area contributed by atoms with E-state index >= 15 is 0 Å². The smallest absolute Gasteiger partial charge is 0.191 e. The van der Waals surface area contributed by atoms with Crippen LogP contribution in [0, 0.1) is 5.92 Å². The van der Waals surface area contributed by atoms with Crippen LogP contribution in [-0.2, 0) is 4.74 Å². The lowest BCUT2D eigenvalue weighted by molar-refractivity contribution is 0.0310. The van der Waals surface area contributed by atoms with Crippen LogP contribution in [0.3, 0.4) is 0 Å². The summed E-state index contributed by atoms with van der Waals surface area (Å²) in [4.78, 5) is 4.62. The van der Waals surface area contributed by atoms with Gasteiger partial charge in [0.2, 0.25) is 0 Å². The van der Waals surface area contributed by atoms with Gasteiger partial charge in [-0.3, -0.25) is 4.99 Å². The lowest BCUT2D eigenvalue weighted by Crippen LogP contribution is -2.40. The second kappa shape index (κ2) is 9.47. The highest BCUT2D eigenvalue weighted by Gasteiger charge is 2.37. The summed E-state index contributed by atoms with van der Waals surface area (Å²) in [5, 5.41) is 6.76. The summed E-state index contributed by atoms with van der Waals surface area (Å²) >= 11 is 0. The van der Waals surface area contributed by atoms with Crippen molar-refractivity contribution in [1.29, 1.82) is 0 Å². The topological polar surface area (TPSA) is 45.7 Å². The number of guanidine groups is 1. The summed E-state index contributed by atoms with van der Waals surface area (Å²) in [6.45, 7) is 8.66. The van der Waals surface area contributed by atoms with Crippen LogP contribution in [0.4, 0.5) is 0 Å². The summed E-state index contributed by atoms with van der Waals surface area (Å²) < 4.78 is 5.42. The predicted molar refractivity (Wildman–Crippen MR) is 108 cm³/mol. The zero-order chi connectivity index (χ0) is 16.0. The van der Waals surface area contributed by atoms with Gasteiger partial charge in [-0.15, -0.1) is 24.0 Å². The van der Waals surface area contributed by atoms with E-state index in [1.165, 1.54) is 12.0 Å². The van der Waals surface area contributed by atoms with Crippen LogP contribution < -0.4 is 10.6 Å². The number of halogens is 1. The quantitative estimate of drug-likeness (QED) is 0.395. The number of hydrogen-bond donors (Lipinski definition) is 2. The molecule has 0 spiro atoms. The Balaban J connectivity index is 0.00000264. The summed E-state index contributed by atoms with van der Waals surface area (Å²) in [6.07, 6.45) is 1.26. The van der Waals surface area contributed by atoms with Crippen molar-refractivity contribution >= 4 is 29.9 Å². The molecule has 0 amide bonds. The van der Waals surface area contributed by atoms with Crippen LogP contribution >= 0.6 is 24.0 Å². The summed E-state index contributed by atoms with van der Waals surface area (Å²) in [7, 11) is 1.73. The summed E-state index contributed by atoms with van der Waals surface area (Å²) in [5.74, 6) is 2.29. The largest absolute Gasteiger partial charge is 0.377 e. The standard InChI is InChI=1S/C18H29N3O.HI/c1-5-19-17(21-13-18(2,3)22-4)20-12-15-11-16(15)14-9-7-6-8-10-14;/h6-10,15-16H,5,11-13H2,1-4H3,(H2,19,20,21);1H. The molecule has 2 rings (SSSR count). The molecule has 1 fully saturated rings. The van der Waals surface area contributed by atoms with Crippen LogP contribution in [-0.4, -0.2) is 38.3 Å². The zero-order valence-corrected chi connectivity index (χ0v) is 17.0. The molecule has 2 atom stereocenters. The van der Waals surface area contributed by atoms with E-state index < -0.39 is 0 Å². The van der Waals surface area contributed by atoms with Crippen molar-refractivity contribution in [1.82, 2.24) is 10.6 Å². The number of nitrogens with one attached hydrogen (secondary N) is 2. The Morgan fingerprint density at radius 1 is 1.26 bits per heavy atom. The highest BCUT2D eigenvalue weighted by molar-refractivity contribution is 14.0. The molecule has 2 unspecified atom stereocenters. The van der Waals surface area contributed by atoms with Gasteiger partial charge in [0, 0.05) is 20.2 Å². The van der Waals surface area contributed by atoms with Crippen molar-refractivity contribution in [2.45, 2.75) is 38.7 Å². The second-order valence-corrected chi connectivity index (χ2v) is 6.55. The Bertz CT molecular complexity index is 490. The molecule has 0 aliphatic heterocycles. The first-order chi connectivity index (χ1) is 10.6. The minimum absolute atomic E-state index is 0. The molecule has 0 bridgehead atoms. The van der Waals surface area contributed by atoms with Crippen molar-refractivity contribution in [3.63, 3.8) is 0 Å². The number of nitrogens with zero attached hydrogens (tertiary/aromatic N) is 1. The molecule has 130 valence electrons. The molecule has 0 aromatic heterocycles. The highest BCUT2D eigenvalue weighted by atomic mass is 127. The number of benzene rings is 1. The van der Waals surface area contributed by atoms with E-state index in [1.54, 1.807) is 7.11 Å². The number of rotatable bonds is 7. The Morgan fingerprint density at radius 3 is 2.57 bits per heavy atom. The molecule has 0 saturated heterocycles. The van der Waals surface area contributed by atoms with Crippen molar-refractivity contribution in [3.05, 3.63) is 35.9 Å². The molecule has 5 heteroatoms. The molecule has 0 heterocycles. The van der Waals surface area contributed by atoms with E-state index in [0.29, 0.717) is 18.4 Å². The van der Waals surface area contributed by atoms with Gasteiger partial charge >= 0.3 is 0 Å². The molecular weight excluding hydrogens is 401 g/mol. The Hall–Kier alpha value is -0.820. The minimum atomic E-state index is -0.228. The maximum atomic E-state index is 5.42. The lowest BCUT2D eigenvalue weighted by atomic mass is 10.1. The molecule has 1 aliphatic carbocycles. The first-order valence-corrected chi connectivity index (χ1v) is 8.18. The SMILES string of the molecule is CCNC(=NCC(C)(C)OC)NCC1CC1c1ccccc1.I. The number of ether oxygens (including phenoxy) is 1. The normalized spacial score (nSPS) is 20.6. The fourth-order valence-electron chi connectivity index (χ4n) is 2.49. The monoisotopic (exact) mass is 431 g/mol. The van der Waals surface area contributed by atoms with Crippen molar-refractivity contribution in [2.24, 2.45) is 10.9 Å². The summed E-state index contributed by atoms with van der Waals surface area (Å²) in [6, 6.07) is 10.8. The summed E-state index contributed by atoms with van der Waals surface area (Å²) in [5.41, 5.74) is 1.23. The molecule has 1 aliphatic rings. The third-order valence-corrected chi connectivity index (χ3v) is 4.20. The number of hydrogen-bond acceptors (Lipinski definition) is 2. The van der Waals surface area contributed by atoms with E-state index in [9.17, 15) is 0 Å². The van der Waals surface area contributed by atoms with Gasteiger partial charge in [0.05, 0.1) is 12.1 Å². The van der Waals surface area contributed by atoms with E-state index in [0.717, 1.165) is 19.0 Å². The third-order valence-electron chi connectivity index (χ3n) is 4.20. The highest BCUT2D eigenvalue weighted by Crippen LogP contribution is 2.46. The van der Waals surface area contributed by atoms with Crippen LogP contribution in [0.1, 0.15) is 38.7 Å². The van der Waals surface area contributed by atoms with E-state index in [1.807, 2.05) is 13.8 Å². The Labute approximate surface area is 157 Å². The first-order valence-electron chi connectivity index (χ1n) is 8.18. The van der Waals surface area contributed by atoms with Gasteiger partial charge in [-0.25, -0.2) is 0 Å². The van der Waals surface area contributed by atoms with Gasteiger partial charge in [0.15, 0.2) is 5.96 Å². The van der Waals surface area contributed by atoms with Crippen LogP contribution in [0.25, 0.3) is 0 Å². The number of aliphatic imine (C=N–C) groups is 1. The minimum Gasteiger partial charge on any atom is -0.377 e. The van der Waals surface area contributed by atoms with Crippen molar-refractivity contribution in [2.75, 3.05) is 26.7 Å². The van der Waals surface area contributed by atoms with Crippen molar-refractivity contribution < 1.29 is 4.74 Å². The number of methoxy groups -OCH3 is 1. The van der Waals surface area contributed by atoms with Crippen LogP contribution in [0.5, 0.6) is 0 Å². The maximum Gasteiger partial charge on any atom is 0.191 e. The average Bonchev–Trinajstić information content (AvgIpc) is 3.31. The first kappa shape index (κ1) is 20.2. The van der Waals surface area contributed by atoms with E-state index in [-0.39, 0.29) is 29.6 Å². The van der Waals surface area contributed by atoms with Gasteiger partial charge in [0.1, 0.15) is 0 Å². The van der Waals surface area contributed by atoms with Crippen molar-refractivity contribution in [3.8, 4) is 0 Å². The van der Waals surface area contributed by atoms with Gasteiger partial charge < -0.3 is 15.4 Å². The van der Waals surface area contributed by atoms with E-state index in [4.69, 9.17) is 4.74 Å². The zero-order valence-electron chi connectivity index (χ0n) is 14.6. The second-order valence-electron chi connectivity index (χ2n) is 6.55. The van der Waals surface area contributed by atoms with E-state index in [2.05, 4.69) is 52.9 Å². The van der Waals surface area contributed by atoms with Crippen LogP contribution in [0.15, 0.2) is 35.3 Å². The molecular formula is C18H30IN3O. The van der Waals surface area contributed by atoms with Gasteiger partial charge in [-0.05, 0) is 44.6 Å². The Kier molecular flexibility index (Phi) is 8.33. The lowest BCUT2D eigenvalue weighted by Gasteiger charge is -2.21. The molecule has 0 radical (unpaired) electrons. The van der Waals surface area contributed by atoms with Gasteiger partial charge in [-0.1, -0.05) is 30.3 Å². The molecule has 1 aromatic carbocycles. The molecule has 1 aromatic rings. The Morgan fingerprint density at radius 2 is 1.96 bits per heavy atom. The molecule has 23 heavy (non-hydrogen) atoms. The molecule has 2 N–H and O–H groups in total. The molecule has 1 saturated carbocycles. The maximum absolute atomic E-state index is 5.42. The van der Waals surface area contributed by atoms with Crippen LogP contribution in [0.2, 0.25) is 0 Å². The molecule has 4 nitrogen and oxygen atoms in total. The predicted octanol–water partition coefficient (Wildman–Crippen LogP) is 3.39. The fourth-order valence-corrected chi connectivity index (χ4v) is 2.49.